The molecule has 0 aliphatic carbocycles. The molecule has 3 rings (SSSR count). The zero-order valence-corrected chi connectivity index (χ0v) is 18.7. The van der Waals surface area contributed by atoms with E-state index in [4.69, 9.17) is 4.98 Å². The summed E-state index contributed by atoms with van der Waals surface area (Å²) in [7, 11) is 0. The van der Waals surface area contributed by atoms with Crippen molar-refractivity contribution in [2.24, 2.45) is 0 Å². The number of nitrogens with one attached hydrogen (secondary N) is 1. The number of carbonyl (C=O) groups excluding carboxylic acids is 1. The first-order valence-corrected chi connectivity index (χ1v) is 11.1. The van der Waals surface area contributed by atoms with Crippen LogP contribution in [0.1, 0.15) is 27.7 Å². The van der Waals surface area contributed by atoms with Gasteiger partial charge in [0.25, 0.3) is 5.56 Å². The molecular weight excluding hydrogens is 402 g/mol. The van der Waals surface area contributed by atoms with E-state index in [1.165, 1.54) is 23.1 Å². The van der Waals surface area contributed by atoms with Crippen molar-refractivity contribution >= 4 is 39.2 Å². The number of nitrogens with zero attached hydrogens (tertiary/aromatic N) is 2. The van der Waals surface area contributed by atoms with Crippen molar-refractivity contribution in [1.29, 1.82) is 0 Å². The summed E-state index contributed by atoms with van der Waals surface area (Å²) in [6, 6.07) is 11.9. The molecule has 1 aromatic carbocycles. The van der Waals surface area contributed by atoms with E-state index < -0.39 is 0 Å². The number of amides is 1. The van der Waals surface area contributed by atoms with E-state index >= 15 is 0 Å². The van der Waals surface area contributed by atoms with E-state index in [1.807, 2.05) is 64.1 Å². The molecule has 0 bridgehead atoms. The van der Waals surface area contributed by atoms with Gasteiger partial charge in [-0.25, -0.2) is 4.98 Å². The summed E-state index contributed by atoms with van der Waals surface area (Å²) in [6.07, 6.45) is 1.67. The first-order chi connectivity index (χ1) is 13.7. The topological polar surface area (TPSA) is 64.0 Å². The molecule has 0 aliphatic heterocycles. The summed E-state index contributed by atoms with van der Waals surface area (Å²) in [4.78, 5) is 31.4. The Balaban J connectivity index is 2.02. The fourth-order valence-electron chi connectivity index (χ4n) is 2.80. The van der Waals surface area contributed by atoms with Crippen LogP contribution in [-0.2, 0) is 11.3 Å². The number of hydrogen-bond donors (Lipinski definition) is 1. The maximum Gasteiger partial charge on any atom is 0.272 e. The molecule has 152 valence electrons. The van der Waals surface area contributed by atoms with Gasteiger partial charge in [0, 0.05) is 17.0 Å². The fourth-order valence-corrected chi connectivity index (χ4v) is 4.77. The highest BCUT2D eigenvalue weighted by molar-refractivity contribution is 8.00. The molecule has 7 heteroatoms. The number of rotatable bonds is 6. The van der Waals surface area contributed by atoms with Gasteiger partial charge in [0.1, 0.15) is 4.70 Å². The van der Waals surface area contributed by atoms with Crippen molar-refractivity contribution < 1.29 is 4.79 Å². The zero-order valence-electron chi connectivity index (χ0n) is 17.1. The maximum absolute atomic E-state index is 13.1. The van der Waals surface area contributed by atoms with Gasteiger partial charge in [-0.3, -0.25) is 14.2 Å². The highest BCUT2D eigenvalue weighted by Gasteiger charge is 2.23. The lowest BCUT2D eigenvalue weighted by Gasteiger charge is -2.23. The van der Waals surface area contributed by atoms with Gasteiger partial charge in [0.05, 0.1) is 10.8 Å². The van der Waals surface area contributed by atoms with E-state index in [-0.39, 0.29) is 22.3 Å². The molecule has 0 aliphatic rings. The summed E-state index contributed by atoms with van der Waals surface area (Å²) < 4.78 is 2.20. The predicted octanol–water partition coefficient (Wildman–Crippen LogP) is 4.71. The second-order valence-electron chi connectivity index (χ2n) is 7.79. The number of allylic oxidation sites excluding steroid dienone is 1. The van der Waals surface area contributed by atoms with Crippen LogP contribution in [0.3, 0.4) is 0 Å². The Labute approximate surface area is 178 Å². The Morgan fingerprint density at radius 3 is 2.66 bits per heavy atom. The highest BCUT2D eigenvalue weighted by atomic mass is 32.2. The molecule has 0 spiro atoms. The number of thiophene rings is 1. The van der Waals surface area contributed by atoms with Gasteiger partial charge in [-0.2, -0.15) is 0 Å². The van der Waals surface area contributed by atoms with Crippen LogP contribution in [0.2, 0.25) is 0 Å². The van der Waals surface area contributed by atoms with E-state index in [2.05, 4.69) is 11.9 Å². The molecule has 0 fully saturated rings. The molecule has 2 aromatic heterocycles. The summed E-state index contributed by atoms with van der Waals surface area (Å²) in [5.41, 5.74) is 1.29. The first-order valence-electron chi connectivity index (χ1n) is 9.39. The van der Waals surface area contributed by atoms with Crippen LogP contribution in [-0.4, -0.2) is 26.2 Å². The molecule has 29 heavy (non-hydrogen) atoms. The number of benzene rings is 1. The molecule has 3 aromatic rings. The Kier molecular flexibility index (Phi) is 6.29. The normalized spacial score (nSPS) is 12.7. The monoisotopic (exact) mass is 427 g/mol. The molecule has 0 radical (unpaired) electrons. The van der Waals surface area contributed by atoms with Gasteiger partial charge < -0.3 is 5.32 Å². The lowest BCUT2D eigenvalue weighted by Crippen LogP contribution is -2.44. The van der Waals surface area contributed by atoms with Crippen LogP contribution in [0.15, 0.2) is 59.0 Å². The summed E-state index contributed by atoms with van der Waals surface area (Å²) in [6.45, 7) is 11.8. The maximum atomic E-state index is 13.1. The summed E-state index contributed by atoms with van der Waals surface area (Å²) in [5.74, 6) is -0.0858. The third-order valence-corrected chi connectivity index (χ3v) is 6.37. The number of aromatic nitrogens is 2. The second-order valence-corrected chi connectivity index (χ2v) is 10.1. The number of fused-ring (bicyclic) bond motifs is 1. The average Bonchev–Trinajstić information content (AvgIpc) is 3.08. The minimum absolute atomic E-state index is 0.0858. The Morgan fingerprint density at radius 1 is 1.34 bits per heavy atom. The van der Waals surface area contributed by atoms with Crippen LogP contribution in [0.4, 0.5) is 0 Å². The summed E-state index contributed by atoms with van der Waals surface area (Å²) >= 11 is 2.73. The number of carbonyl (C=O) groups is 1. The van der Waals surface area contributed by atoms with Gasteiger partial charge in [0.15, 0.2) is 5.16 Å². The standard InChI is InChI=1S/C22H25N3O2S2/c1-6-12-25-20(27)18-16(13-17(29-18)15-10-8-7-9-11-15)23-21(25)28-14(2)19(26)24-22(3,4)5/h6-11,13-14H,1,12H2,2-5H3,(H,24,26). The van der Waals surface area contributed by atoms with Crippen molar-refractivity contribution in [2.45, 2.75) is 50.2 Å². The van der Waals surface area contributed by atoms with Gasteiger partial charge >= 0.3 is 0 Å². The minimum Gasteiger partial charge on any atom is -0.351 e. The van der Waals surface area contributed by atoms with E-state index in [1.54, 1.807) is 10.6 Å². The van der Waals surface area contributed by atoms with E-state index in [9.17, 15) is 9.59 Å². The molecule has 1 amide bonds. The third-order valence-electron chi connectivity index (χ3n) is 4.12. The molecule has 0 saturated heterocycles. The molecule has 0 saturated carbocycles. The van der Waals surface area contributed by atoms with Crippen LogP contribution < -0.4 is 10.9 Å². The lowest BCUT2D eigenvalue weighted by molar-refractivity contribution is -0.121. The minimum atomic E-state index is -0.387. The van der Waals surface area contributed by atoms with Crippen molar-refractivity contribution in [3.05, 3.63) is 59.4 Å². The molecule has 2 heterocycles. The van der Waals surface area contributed by atoms with Gasteiger partial charge in [0.2, 0.25) is 5.91 Å². The molecule has 1 unspecified atom stereocenters. The number of hydrogen-bond acceptors (Lipinski definition) is 5. The molecular formula is C22H25N3O2S2. The van der Waals surface area contributed by atoms with Crippen LogP contribution in [0.25, 0.3) is 20.7 Å². The second kappa shape index (κ2) is 8.55. The smallest absolute Gasteiger partial charge is 0.272 e. The Morgan fingerprint density at radius 2 is 2.03 bits per heavy atom. The quantitative estimate of drug-likeness (QED) is 0.352. The van der Waals surface area contributed by atoms with E-state index in [0.29, 0.717) is 21.9 Å². The molecule has 5 nitrogen and oxygen atoms in total. The van der Waals surface area contributed by atoms with Crippen molar-refractivity contribution in [2.75, 3.05) is 0 Å². The SMILES string of the molecule is C=CCn1c(SC(C)C(=O)NC(C)(C)C)nc2cc(-c3ccccc3)sc2c1=O. The fraction of sp³-hybridized carbons (Fsp3) is 0.318. The van der Waals surface area contributed by atoms with Crippen LogP contribution in [0, 0.1) is 0 Å². The van der Waals surface area contributed by atoms with Crippen LogP contribution >= 0.6 is 23.1 Å². The van der Waals surface area contributed by atoms with Crippen molar-refractivity contribution in [3.8, 4) is 10.4 Å². The Bertz CT molecular complexity index is 1090. The van der Waals surface area contributed by atoms with Gasteiger partial charge in [-0.15, -0.1) is 17.9 Å². The molecule has 1 atom stereocenters. The Hall–Kier alpha value is -2.38. The average molecular weight is 428 g/mol. The van der Waals surface area contributed by atoms with Crippen molar-refractivity contribution in [3.63, 3.8) is 0 Å². The van der Waals surface area contributed by atoms with Crippen molar-refractivity contribution in [1.82, 2.24) is 14.9 Å². The first kappa shape index (κ1) is 21.3. The molecule has 1 N–H and O–H groups in total. The third kappa shape index (κ3) is 4.97. The van der Waals surface area contributed by atoms with Crippen LogP contribution in [0.5, 0.6) is 0 Å². The predicted molar refractivity (Wildman–Crippen MR) is 123 cm³/mol. The zero-order chi connectivity index (χ0) is 21.2. The lowest BCUT2D eigenvalue weighted by atomic mass is 10.1. The highest BCUT2D eigenvalue weighted by Crippen LogP contribution is 2.32. The van der Waals surface area contributed by atoms with Gasteiger partial charge in [-0.1, -0.05) is 48.2 Å². The number of thioether (sulfide) groups is 1. The van der Waals surface area contributed by atoms with E-state index in [0.717, 1.165) is 10.4 Å². The largest absolute Gasteiger partial charge is 0.351 e. The summed E-state index contributed by atoms with van der Waals surface area (Å²) in [5, 5.41) is 3.11. The van der Waals surface area contributed by atoms with Gasteiger partial charge in [-0.05, 0) is 39.3 Å².